The van der Waals surface area contributed by atoms with E-state index in [1.807, 2.05) is 38.2 Å². The fraction of sp³-hybridized carbons (Fsp3) is 0.368. The number of aromatic nitrogens is 1. The van der Waals surface area contributed by atoms with E-state index in [1.54, 1.807) is 24.3 Å². The maximum Gasteiger partial charge on any atom is 0.272 e. The van der Waals surface area contributed by atoms with Crippen LogP contribution >= 0.6 is 0 Å². The van der Waals surface area contributed by atoms with E-state index in [9.17, 15) is 4.79 Å². The lowest BCUT2D eigenvalue weighted by molar-refractivity contribution is 0.0787. The van der Waals surface area contributed by atoms with Gasteiger partial charge in [0.15, 0.2) is 0 Å². The van der Waals surface area contributed by atoms with Gasteiger partial charge >= 0.3 is 0 Å². The number of ether oxygens (including phenoxy) is 1. The van der Waals surface area contributed by atoms with E-state index < -0.39 is 0 Å². The van der Waals surface area contributed by atoms with E-state index in [0.29, 0.717) is 5.69 Å². The Labute approximate surface area is 143 Å². The monoisotopic (exact) mass is 327 g/mol. The number of hydrogen-bond acceptors (Lipinski definition) is 4. The zero-order valence-corrected chi connectivity index (χ0v) is 14.8. The van der Waals surface area contributed by atoms with Crippen molar-refractivity contribution in [2.45, 2.75) is 26.7 Å². The maximum atomic E-state index is 12.4. The highest BCUT2D eigenvalue weighted by atomic mass is 16.5. The average molecular weight is 327 g/mol. The van der Waals surface area contributed by atoms with Crippen LogP contribution in [0.5, 0.6) is 5.75 Å². The van der Waals surface area contributed by atoms with Crippen molar-refractivity contribution in [1.29, 1.82) is 0 Å². The lowest BCUT2D eigenvalue weighted by atomic mass is 10.2. The van der Waals surface area contributed by atoms with Crippen LogP contribution in [0.15, 0.2) is 36.5 Å². The van der Waals surface area contributed by atoms with Crippen LogP contribution in [0.1, 0.15) is 35.8 Å². The van der Waals surface area contributed by atoms with Crippen molar-refractivity contribution >= 4 is 17.3 Å². The third-order valence-corrected chi connectivity index (χ3v) is 3.81. The first kappa shape index (κ1) is 17.8. The number of pyridine rings is 1. The third kappa shape index (κ3) is 4.47. The van der Waals surface area contributed by atoms with E-state index in [0.717, 1.165) is 42.1 Å². The molecular formula is C19H25N3O2. The predicted octanol–water partition coefficient (Wildman–Crippen LogP) is 4.01. The van der Waals surface area contributed by atoms with Gasteiger partial charge < -0.3 is 15.0 Å². The van der Waals surface area contributed by atoms with Gasteiger partial charge in [-0.05, 0) is 43.2 Å². The van der Waals surface area contributed by atoms with Gasteiger partial charge in [0.25, 0.3) is 5.91 Å². The molecule has 0 saturated heterocycles. The number of carbonyl (C=O) groups is 1. The Bertz CT molecular complexity index is 701. The first-order valence-corrected chi connectivity index (χ1v) is 8.18. The van der Waals surface area contributed by atoms with E-state index in [4.69, 9.17) is 4.74 Å². The molecule has 2 aromatic rings. The zero-order valence-electron chi connectivity index (χ0n) is 14.8. The van der Waals surface area contributed by atoms with Crippen LogP contribution in [0.2, 0.25) is 0 Å². The van der Waals surface area contributed by atoms with Crippen LogP contribution in [0.3, 0.4) is 0 Å². The predicted molar refractivity (Wildman–Crippen MR) is 97.1 cm³/mol. The zero-order chi connectivity index (χ0) is 17.5. The van der Waals surface area contributed by atoms with Gasteiger partial charge in [0.2, 0.25) is 0 Å². The second kappa shape index (κ2) is 8.34. The second-order valence-corrected chi connectivity index (χ2v) is 5.84. The Morgan fingerprint density at radius 1 is 1.29 bits per heavy atom. The lowest BCUT2D eigenvalue weighted by Crippen LogP contribution is -2.28. The minimum atomic E-state index is -0.0664. The largest absolute Gasteiger partial charge is 0.495 e. The second-order valence-electron chi connectivity index (χ2n) is 5.84. The summed E-state index contributed by atoms with van der Waals surface area (Å²) in [5, 5.41) is 3.31. The minimum absolute atomic E-state index is 0.0664. The smallest absolute Gasteiger partial charge is 0.272 e. The summed E-state index contributed by atoms with van der Waals surface area (Å²) in [5.74, 6) is 0.689. The molecule has 0 saturated carbocycles. The van der Waals surface area contributed by atoms with Gasteiger partial charge in [-0.15, -0.1) is 0 Å². The SMILES string of the molecule is CCCCN(C)C(=O)c1cc(Nc2cc(C)ccc2OC)ccn1. The van der Waals surface area contributed by atoms with Crippen molar-refractivity contribution < 1.29 is 9.53 Å². The Balaban J connectivity index is 2.19. The normalized spacial score (nSPS) is 10.3. The summed E-state index contributed by atoms with van der Waals surface area (Å²) in [7, 11) is 3.45. The molecule has 1 amide bonds. The number of hydrogen-bond donors (Lipinski definition) is 1. The number of carbonyl (C=O) groups excluding carboxylic acids is 1. The van der Waals surface area contributed by atoms with Gasteiger partial charge in [0.05, 0.1) is 12.8 Å². The summed E-state index contributed by atoms with van der Waals surface area (Å²) in [6.07, 6.45) is 3.69. The van der Waals surface area contributed by atoms with Crippen LogP contribution in [-0.4, -0.2) is 36.5 Å². The molecule has 128 valence electrons. The van der Waals surface area contributed by atoms with Gasteiger partial charge in [-0.2, -0.15) is 0 Å². The van der Waals surface area contributed by atoms with Crippen molar-refractivity contribution in [1.82, 2.24) is 9.88 Å². The van der Waals surface area contributed by atoms with Crippen molar-refractivity contribution in [2.75, 3.05) is 26.0 Å². The standard InChI is InChI=1S/C19H25N3O2/c1-5-6-11-22(3)19(23)17-13-15(9-10-20-17)21-16-12-14(2)7-8-18(16)24-4/h7-10,12-13H,5-6,11H2,1-4H3,(H,20,21). The van der Waals surface area contributed by atoms with E-state index in [2.05, 4.69) is 17.2 Å². The summed E-state index contributed by atoms with van der Waals surface area (Å²) >= 11 is 0. The fourth-order valence-corrected chi connectivity index (χ4v) is 2.39. The highest BCUT2D eigenvalue weighted by Gasteiger charge is 2.13. The van der Waals surface area contributed by atoms with E-state index >= 15 is 0 Å². The summed E-state index contributed by atoms with van der Waals surface area (Å²) in [6.45, 7) is 4.87. The molecule has 0 fully saturated rings. The number of rotatable bonds is 7. The molecule has 0 radical (unpaired) electrons. The highest BCUT2D eigenvalue weighted by molar-refractivity contribution is 5.93. The summed E-state index contributed by atoms with van der Waals surface area (Å²) in [4.78, 5) is 18.4. The van der Waals surface area contributed by atoms with Crippen molar-refractivity contribution in [2.24, 2.45) is 0 Å². The highest BCUT2D eigenvalue weighted by Crippen LogP contribution is 2.28. The summed E-state index contributed by atoms with van der Waals surface area (Å²) in [5.41, 5.74) is 3.23. The number of anilines is 2. The number of benzene rings is 1. The average Bonchev–Trinajstić information content (AvgIpc) is 2.59. The van der Waals surface area contributed by atoms with Crippen LogP contribution < -0.4 is 10.1 Å². The molecule has 2 rings (SSSR count). The van der Waals surface area contributed by atoms with Crippen molar-refractivity contribution in [3.63, 3.8) is 0 Å². The Morgan fingerprint density at radius 3 is 2.79 bits per heavy atom. The Hall–Kier alpha value is -2.56. The maximum absolute atomic E-state index is 12.4. The molecule has 0 unspecified atom stereocenters. The number of methoxy groups -OCH3 is 1. The number of amides is 1. The molecule has 1 heterocycles. The third-order valence-electron chi connectivity index (χ3n) is 3.81. The number of aryl methyl sites for hydroxylation is 1. The van der Waals surface area contributed by atoms with Gasteiger partial charge in [0.1, 0.15) is 11.4 Å². The number of unbranched alkanes of at least 4 members (excludes halogenated alkanes) is 1. The fourth-order valence-electron chi connectivity index (χ4n) is 2.39. The molecule has 5 heteroatoms. The molecule has 24 heavy (non-hydrogen) atoms. The molecule has 0 aliphatic rings. The van der Waals surface area contributed by atoms with E-state index in [1.165, 1.54) is 0 Å². The van der Waals surface area contributed by atoms with Crippen LogP contribution in [0.25, 0.3) is 0 Å². The molecule has 0 atom stereocenters. The molecule has 1 aromatic carbocycles. The van der Waals surface area contributed by atoms with Crippen molar-refractivity contribution in [3.05, 3.63) is 47.8 Å². The minimum Gasteiger partial charge on any atom is -0.495 e. The molecule has 5 nitrogen and oxygen atoms in total. The molecular weight excluding hydrogens is 302 g/mol. The molecule has 1 aromatic heterocycles. The van der Waals surface area contributed by atoms with Gasteiger partial charge in [-0.1, -0.05) is 19.4 Å². The number of nitrogens with one attached hydrogen (secondary N) is 1. The first-order chi connectivity index (χ1) is 11.5. The van der Waals surface area contributed by atoms with Crippen LogP contribution in [-0.2, 0) is 0 Å². The van der Waals surface area contributed by atoms with E-state index in [-0.39, 0.29) is 5.91 Å². The Morgan fingerprint density at radius 2 is 2.08 bits per heavy atom. The Kier molecular flexibility index (Phi) is 6.18. The van der Waals surface area contributed by atoms with Gasteiger partial charge in [-0.3, -0.25) is 9.78 Å². The summed E-state index contributed by atoms with van der Waals surface area (Å²) < 4.78 is 5.38. The first-order valence-electron chi connectivity index (χ1n) is 8.18. The quantitative estimate of drug-likeness (QED) is 0.834. The number of nitrogens with zero attached hydrogens (tertiary/aromatic N) is 2. The van der Waals surface area contributed by atoms with Crippen molar-refractivity contribution in [3.8, 4) is 5.75 Å². The molecule has 0 aliphatic carbocycles. The molecule has 0 bridgehead atoms. The molecule has 0 spiro atoms. The lowest BCUT2D eigenvalue weighted by Gasteiger charge is -2.17. The summed E-state index contributed by atoms with van der Waals surface area (Å²) in [6, 6.07) is 9.53. The molecule has 1 N–H and O–H groups in total. The van der Waals surface area contributed by atoms with Gasteiger partial charge in [0, 0.05) is 25.5 Å². The van der Waals surface area contributed by atoms with Gasteiger partial charge in [-0.25, -0.2) is 0 Å². The van der Waals surface area contributed by atoms with Crippen LogP contribution in [0.4, 0.5) is 11.4 Å². The topological polar surface area (TPSA) is 54.5 Å². The van der Waals surface area contributed by atoms with Crippen LogP contribution in [0, 0.1) is 6.92 Å². The molecule has 0 aliphatic heterocycles.